The summed E-state index contributed by atoms with van der Waals surface area (Å²) in [6.45, 7) is 0.834. The van der Waals surface area contributed by atoms with Gasteiger partial charge in [-0.2, -0.15) is 0 Å². The molecule has 0 bridgehead atoms. The predicted molar refractivity (Wildman–Crippen MR) is 53.0 cm³/mol. The Morgan fingerprint density at radius 3 is 3.14 bits per heavy atom. The number of carboxylic acids is 1. The smallest absolute Gasteiger partial charge is 0.337 e. The summed E-state index contributed by atoms with van der Waals surface area (Å²) >= 11 is 5.79. The minimum absolute atomic E-state index is 0.184. The van der Waals surface area contributed by atoms with Gasteiger partial charge in [0.15, 0.2) is 0 Å². The maximum absolute atomic E-state index is 11.0. The molecule has 14 heavy (non-hydrogen) atoms. The van der Waals surface area contributed by atoms with E-state index in [1.807, 2.05) is 0 Å². The molecule has 0 atom stereocenters. The molecule has 74 valence electrons. The van der Waals surface area contributed by atoms with E-state index in [4.69, 9.17) is 16.7 Å². The van der Waals surface area contributed by atoms with Crippen molar-refractivity contribution in [3.63, 3.8) is 0 Å². The molecule has 1 aromatic rings. The third-order valence-electron chi connectivity index (χ3n) is 2.24. The quantitative estimate of drug-likeness (QED) is 0.745. The molecular formula is C9H9ClN2O2. The number of carboxylic acid groups (broad SMARTS) is 1. The molecule has 0 amide bonds. The summed E-state index contributed by atoms with van der Waals surface area (Å²) in [5.74, 6) is -0.338. The van der Waals surface area contributed by atoms with Crippen LogP contribution in [0.25, 0.3) is 0 Å². The molecule has 0 spiro atoms. The van der Waals surface area contributed by atoms with Gasteiger partial charge >= 0.3 is 5.97 Å². The number of hydrogen-bond donors (Lipinski definition) is 2. The summed E-state index contributed by atoms with van der Waals surface area (Å²) < 4.78 is 0. The van der Waals surface area contributed by atoms with Crippen LogP contribution in [0.1, 0.15) is 22.3 Å². The lowest BCUT2D eigenvalue weighted by Gasteiger charge is -2.18. The molecule has 0 aliphatic carbocycles. The van der Waals surface area contributed by atoms with E-state index < -0.39 is 5.97 Å². The van der Waals surface area contributed by atoms with E-state index in [1.54, 1.807) is 0 Å². The van der Waals surface area contributed by atoms with Crippen LogP contribution in [0.3, 0.4) is 0 Å². The number of rotatable bonds is 1. The van der Waals surface area contributed by atoms with E-state index in [0.717, 1.165) is 24.9 Å². The lowest BCUT2D eigenvalue weighted by Crippen LogP contribution is -2.17. The minimum atomic E-state index is -0.989. The molecule has 1 aliphatic rings. The van der Waals surface area contributed by atoms with E-state index >= 15 is 0 Å². The van der Waals surface area contributed by atoms with Crippen LogP contribution in [0, 0.1) is 0 Å². The maximum atomic E-state index is 11.0. The molecule has 0 saturated carbocycles. The molecule has 1 aliphatic heterocycles. The highest BCUT2D eigenvalue weighted by atomic mass is 35.5. The lowest BCUT2D eigenvalue weighted by molar-refractivity contribution is 0.0695. The Labute approximate surface area is 85.9 Å². The van der Waals surface area contributed by atoms with Crippen molar-refractivity contribution in [3.8, 4) is 0 Å². The first-order valence-electron chi connectivity index (χ1n) is 4.34. The molecule has 2 heterocycles. The average molecular weight is 213 g/mol. The summed E-state index contributed by atoms with van der Waals surface area (Å²) in [6, 6.07) is 0. The standard InChI is InChI=1S/C9H9ClN2O2/c10-6-4-12-8-5(2-1-3-11-8)7(6)9(13)14/h4H,1-3H2,(H,11,12)(H,13,14). The zero-order chi connectivity index (χ0) is 10.1. The summed E-state index contributed by atoms with van der Waals surface area (Å²) in [5.41, 5.74) is 0.903. The van der Waals surface area contributed by atoms with Gasteiger partial charge in [0.1, 0.15) is 5.82 Å². The molecule has 0 unspecified atom stereocenters. The van der Waals surface area contributed by atoms with Gasteiger partial charge in [-0.25, -0.2) is 9.78 Å². The van der Waals surface area contributed by atoms with E-state index in [0.29, 0.717) is 5.82 Å². The Bertz CT molecular complexity index is 393. The molecule has 1 aromatic heterocycles. The van der Waals surface area contributed by atoms with Crippen molar-refractivity contribution >= 4 is 23.4 Å². The summed E-state index contributed by atoms with van der Waals surface area (Å²) in [6.07, 6.45) is 3.01. The largest absolute Gasteiger partial charge is 0.478 e. The Hall–Kier alpha value is -1.29. The second-order valence-corrected chi connectivity index (χ2v) is 3.55. The predicted octanol–water partition coefficient (Wildman–Crippen LogP) is 1.79. The number of pyridine rings is 1. The first kappa shape index (κ1) is 9.27. The molecule has 5 heteroatoms. The number of nitrogens with zero attached hydrogens (tertiary/aromatic N) is 1. The number of anilines is 1. The summed E-state index contributed by atoms with van der Waals surface area (Å²) in [5, 5.41) is 12.2. The van der Waals surface area contributed by atoms with Gasteiger partial charge < -0.3 is 10.4 Å². The number of hydrogen-bond acceptors (Lipinski definition) is 3. The van der Waals surface area contributed by atoms with Crippen molar-refractivity contribution in [3.05, 3.63) is 22.3 Å². The van der Waals surface area contributed by atoms with Gasteiger partial charge in [-0.15, -0.1) is 0 Å². The molecule has 2 rings (SSSR count). The third kappa shape index (κ3) is 1.42. The Balaban J connectivity index is 2.60. The highest BCUT2D eigenvalue weighted by Gasteiger charge is 2.21. The minimum Gasteiger partial charge on any atom is -0.478 e. The van der Waals surface area contributed by atoms with Crippen LogP contribution in [-0.2, 0) is 6.42 Å². The van der Waals surface area contributed by atoms with Gasteiger partial charge in [-0.3, -0.25) is 0 Å². The molecule has 4 nitrogen and oxygen atoms in total. The van der Waals surface area contributed by atoms with Crippen LogP contribution in [-0.4, -0.2) is 22.6 Å². The van der Waals surface area contributed by atoms with Crippen LogP contribution in [0.4, 0.5) is 5.82 Å². The second-order valence-electron chi connectivity index (χ2n) is 3.14. The summed E-state index contributed by atoms with van der Waals surface area (Å²) in [4.78, 5) is 15.0. The number of halogens is 1. The zero-order valence-corrected chi connectivity index (χ0v) is 8.14. The number of nitrogens with one attached hydrogen (secondary N) is 1. The fourth-order valence-corrected chi connectivity index (χ4v) is 1.87. The average Bonchev–Trinajstić information content (AvgIpc) is 2.17. The number of aromatic carboxylic acids is 1. The van der Waals surface area contributed by atoms with Crippen molar-refractivity contribution < 1.29 is 9.90 Å². The highest BCUT2D eigenvalue weighted by Crippen LogP contribution is 2.28. The normalized spacial score (nSPS) is 14.4. The molecular weight excluding hydrogens is 204 g/mol. The summed E-state index contributed by atoms with van der Waals surface area (Å²) in [7, 11) is 0. The Morgan fingerprint density at radius 2 is 2.43 bits per heavy atom. The maximum Gasteiger partial charge on any atom is 0.337 e. The highest BCUT2D eigenvalue weighted by molar-refractivity contribution is 6.33. The van der Waals surface area contributed by atoms with Gasteiger partial charge in [0.2, 0.25) is 0 Å². The van der Waals surface area contributed by atoms with Crippen molar-refractivity contribution in [1.29, 1.82) is 0 Å². The van der Waals surface area contributed by atoms with Crippen molar-refractivity contribution in [2.75, 3.05) is 11.9 Å². The second kappa shape index (κ2) is 3.46. The van der Waals surface area contributed by atoms with Gasteiger partial charge in [-0.1, -0.05) is 11.6 Å². The lowest BCUT2D eigenvalue weighted by atomic mass is 10.0. The SMILES string of the molecule is O=C(O)c1c(Cl)cnc2c1CCCN2. The van der Waals surface area contributed by atoms with Crippen molar-refractivity contribution in [2.45, 2.75) is 12.8 Å². The van der Waals surface area contributed by atoms with Crippen LogP contribution >= 0.6 is 11.6 Å². The number of aromatic nitrogens is 1. The molecule has 0 radical (unpaired) electrons. The van der Waals surface area contributed by atoms with E-state index in [-0.39, 0.29) is 10.6 Å². The van der Waals surface area contributed by atoms with Crippen LogP contribution in [0.2, 0.25) is 5.02 Å². The van der Waals surface area contributed by atoms with Gasteiger partial charge in [-0.05, 0) is 12.8 Å². The van der Waals surface area contributed by atoms with Crippen LogP contribution < -0.4 is 5.32 Å². The molecule has 0 saturated heterocycles. The fraction of sp³-hybridized carbons (Fsp3) is 0.333. The topological polar surface area (TPSA) is 62.2 Å². The molecule has 2 N–H and O–H groups in total. The zero-order valence-electron chi connectivity index (χ0n) is 7.38. The van der Waals surface area contributed by atoms with Crippen LogP contribution in [0.5, 0.6) is 0 Å². The van der Waals surface area contributed by atoms with Crippen LogP contribution in [0.15, 0.2) is 6.20 Å². The first-order valence-corrected chi connectivity index (χ1v) is 4.72. The van der Waals surface area contributed by atoms with Gasteiger partial charge in [0.05, 0.1) is 10.6 Å². The molecule has 0 aromatic carbocycles. The Kier molecular flexibility index (Phi) is 2.29. The van der Waals surface area contributed by atoms with E-state index in [2.05, 4.69) is 10.3 Å². The van der Waals surface area contributed by atoms with Crippen molar-refractivity contribution in [2.24, 2.45) is 0 Å². The first-order chi connectivity index (χ1) is 6.70. The third-order valence-corrected chi connectivity index (χ3v) is 2.53. The van der Waals surface area contributed by atoms with E-state index in [1.165, 1.54) is 6.20 Å². The van der Waals surface area contributed by atoms with Gasteiger partial charge in [0, 0.05) is 18.3 Å². The monoisotopic (exact) mass is 212 g/mol. The Morgan fingerprint density at radius 1 is 1.64 bits per heavy atom. The number of fused-ring (bicyclic) bond motifs is 1. The number of carbonyl (C=O) groups is 1. The van der Waals surface area contributed by atoms with E-state index in [9.17, 15) is 4.79 Å². The van der Waals surface area contributed by atoms with Crippen molar-refractivity contribution in [1.82, 2.24) is 4.98 Å². The molecule has 0 fully saturated rings. The van der Waals surface area contributed by atoms with Gasteiger partial charge in [0.25, 0.3) is 0 Å². The fourth-order valence-electron chi connectivity index (χ4n) is 1.63.